The van der Waals surface area contributed by atoms with E-state index in [4.69, 9.17) is 9.47 Å². The van der Waals surface area contributed by atoms with Crippen LogP contribution in [0.3, 0.4) is 0 Å². The molecule has 0 aliphatic carbocycles. The smallest absolute Gasteiger partial charge is 0.412 e. The summed E-state index contributed by atoms with van der Waals surface area (Å²) < 4.78 is 10.8. The number of amides is 2. The van der Waals surface area contributed by atoms with Crippen LogP contribution in [0.2, 0.25) is 0 Å². The first-order valence-electron chi connectivity index (χ1n) is 9.67. The average molecular weight is 392 g/mol. The van der Waals surface area contributed by atoms with Gasteiger partial charge < -0.3 is 19.3 Å². The van der Waals surface area contributed by atoms with Gasteiger partial charge in [-0.25, -0.2) is 9.59 Å². The lowest BCUT2D eigenvalue weighted by molar-refractivity contribution is 0.0240. The molecule has 156 valence electrons. The van der Waals surface area contributed by atoms with Gasteiger partial charge >= 0.3 is 12.2 Å². The molecule has 0 bridgehead atoms. The van der Waals surface area contributed by atoms with Crippen molar-refractivity contribution in [1.29, 1.82) is 0 Å². The molecule has 0 spiro atoms. The second kappa shape index (κ2) is 8.29. The lowest BCUT2D eigenvalue weighted by Crippen LogP contribution is -2.50. The second-order valence-electron chi connectivity index (χ2n) is 9.08. The van der Waals surface area contributed by atoms with Crippen molar-refractivity contribution in [3.05, 3.63) is 23.8 Å². The van der Waals surface area contributed by atoms with Gasteiger partial charge in [0.15, 0.2) is 0 Å². The molecule has 1 aliphatic rings. The van der Waals surface area contributed by atoms with Crippen LogP contribution in [0.15, 0.2) is 18.2 Å². The molecule has 1 saturated heterocycles. The first-order valence-corrected chi connectivity index (χ1v) is 9.67. The van der Waals surface area contributed by atoms with E-state index in [2.05, 4.69) is 10.2 Å². The Morgan fingerprint density at radius 1 is 0.929 bits per heavy atom. The molecule has 2 rings (SSSR count). The van der Waals surface area contributed by atoms with Crippen LogP contribution < -0.4 is 10.2 Å². The van der Waals surface area contributed by atoms with Gasteiger partial charge in [0.25, 0.3) is 0 Å². The Morgan fingerprint density at radius 2 is 1.50 bits per heavy atom. The van der Waals surface area contributed by atoms with Crippen LogP contribution in [0.25, 0.3) is 0 Å². The summed E-state index contributed by atoms with van der Waals surface area (Å²) in [6.45, 7) is 15.6. The molecule has 0 radical (unpaired) electrons. The average Bonchev–Trinajstić information content (AvgIpc) is 2.54. The zero-order valence-corrected chi connectivity index (χ0v) is 18.1. The van der Waals surface area contributed by atoms with Crippen LogP contribution in [-0.4, -0.2) is 54.5 Å². The summed E-state index contributed by atoms with van der Waals surface area (Å²) in [5.74, 6) is 0. The number of piperazine rings is 1. The van der Waals surface area contributed by atoms with Crippen molar-refractivity contribution in [2.75, 3.05) is 36.4 Å². The van der Waals surface area contributed by atoms with E-state index in [0.717, 1.165) is 16.9 Å². The number of ether oxygens (including phenoxy) is 2. The van der Waals surface area contributed by atoms with Gasteiger partial charge in [0.1, 0.15) is 11.2 Å². The highest BCUT2D eigenvalue weighted by atomic mass is 16.6. The Morgan fingerprint density at radius 3 is 2.04 bits per heavy atom. The van der Waals surface area contributed by atoms with Crippen molar-refractivity contribution in [3.8, 4) is 0 Å². The highest BCUT2D eigenvalue weighted by Gasteiger charge is 2.26. The lowest BCUT2D eigenvalue weighted by atomic mass is 10.1. The molecule has 0 unspecified atom stereocenters. The zero-order chi connectivity index (χ0) is 21.1. The lowest BCUT2D eigenvalue weighted by Gasteiger charge is -2.37. The molecule has 28 heavy (non-hydrogen) atoms. The van der Waals surface area contributed by atoms with E-state index in [9.17, 15) is 9.59 Å². The Hall–Kier alpha value is -2.44. The van der Waals surface area contributed by atoms with Crippen molar-refractivity contribution in [2.24, 2.45) is 0 Å². The monoisotopic (exact) mass is 391 g/mol. The van der Waals surface area contributed by atoms with Gasteiger partial charge in [-0.3, -0.25) is 5.32 Å². The van der Waals surface area contributed by atoms with Gasteiger partial charge in [-0.15, -0.1) is 0 Å². The SMILES string of the molecule is Cc1ccc(N2CCN(C(=O)OC(C)(C)C)CC2)cc1NC(=O)OC(C)(C)C. The van der Waals surface area contributed by atoms with Crippen LogP contribution in [0.5, 0.6) is 0 Å². The molecular weight excluding hydrogens is 358 g/mol. The van der Waals surface area contributed by atoms with E-state index in [1.165, 1.54) is 0 Å². The van der Waals surface area contributed by atoms with E-state index < -0.39 is 17.3 Å². The number of hydrogen-bond acceptors (Lipinski definition) is 5. The van der Waals surface area contributed by atoms with E-state index in [-0.39, 0.29) is 6.09 Å². The summed E-state index contributed by atoms with van der Waals surface area (Å²) in [5, 5.41) is 2.83. The highest BCUT2D eigenvalue weighted by molar-refractivity contribution is 5.87. The molecular formula is C21H33N3O4. The fraction of sp³-hybridized carbons (Fsp3) is 0.619. The predicted octanol–water partition coefficient (Wildman–Crippen LogP) is 4.40. The van der Waals surface area contributed by atoms with Crippen molar-refractivity contribution in [3.63, 3.8) is 0 Å². The van der Waals surface area contributed by atoms with Crippen LogP contribution in [0.1, 0.15) is 47.1 Å². The van der Waals surface area contributed by atoms with E-state index in [1.807, 2.05) is 66.7 Å². The van der Waals surface area contributed by atoms with Crippen LogP contribution in [0.4, 0.5) is 21.0 Å². The molecule has 7 heteroatoms. The van der Waals surface area contributed by atoms with E-state index >= 15 is 0 Å². The van der Waals surface area contributed by atoms with Crippen molar-refractivity contribution >= 4 is 23.6 Å². The standard InChI is InChI=1S/C21H33N3O4/c1-15-8-9-16(14-17(15)22-18(25)27-20(2,3)4)23-10-12-24(13-11-23)19(26)28-21(5,6)7/h8-9,14H,10-13H2,1-7H3,(H,22,25). The normalized spacial score (nSPS) is 15.2. The first-order chi connectivity index (χ1) is 12.8. The van der Waals surface area contributed by atoms with Crippen LogP contribution >= 0.6 is 0 Å². The largest absolute Gasteiger partial charge is 0.444 e. The molecule has 1 aliphatic heterocycles. The van der Waals surface area contributed by atoms with Gasteiger partial charge in [-0.05, 0) is 66.2 Å². The van der Waals surface area contributed by atoms with Crippen molar-refractivity contribution in [1.82, 2.24) is 4.90 Å². The summed E-state index contributed by atoms with van der Waals surface area (Å²) in [6.07, 6.45) is -0.745. The van der Waals surface area contributed by atoms with Gasteiger partial charge in [0, 0.05) is 37.6 Å². The van der Waals surface area contributed by atoms with Gasteiger partial charge in [-0.1, -0.05) is 6.07 Å². The number of nitrogens with one attached hydrogen (secondary N) is 1. The molecule has 1 aromatic rings. The topological polar surface area (TPSA) is 71.1 Å². The molecule has 0 atom stereocenters. The number of benzene rings is 1. The van der Waals surface area contributed by atoms with E-state index in [0.29, 0.717) is 26.2 Å². The highest BCUT2D eigenvalue weighted by Crippen LogP contribution is 2.25. The number of nitrogens with zero attached hydrogens (tertiary/aromatic N) is 2. The molecule has 0 aromatic heterocycles. The number of hydrogen-bond donors (Lipinski definition) is 1. The molecule has 0 saturated carbocycles. The minimum Gasteiger partial charge on any atom is -0.444 e. The summed E-state index contributed by atoms with van der Waals surface area (Å²) in [4.78, 5) is 28.2. The number of carbonyl (C=O) groups is 2. The first kappa shape index (κ1) is 21.9. The predicted molar refractivity (Wildman–Crippen MR) is 111 cm³/mol. The van der Waals surface area contributed by atoms with Gasteiger partial charge in [-0.2, -0.15) is 0 Å². The maximum absolute atomic E-state index is 12.2. The summed E-state index contributed by atoms with van der Waals surface area (Å²) in [5.41, 5.74) is 1.64. The fourth-order valence-corrected chi connectivity index (χ4v) is 2.83. The Bertz CT molecular complexity index is 711. The minimum absolute atomic E-state index is 0.275. The van der Waals surface area contributed by atoms with Crippen molar-refractivity contribution < 1.29 is 19.1 Å². The van der Waals surface area contributed by atoms with Gasteiger partial charge in [0.05, 0.1) is 0 Å². The molecule has 2 amide bonds. The maximum atomic E-state index is 12.2. The number of anilines is 2. The number of carbonyl (C=O) groups excluding carboxylic acids is 2. The van der Waals surface area contributed by atoms with Crippen molar-refractivity contribution in [2.45, 2.75) is 59.7 Å². The number of rotatable bonds is 2. The minimum atomic E-state index is -0.548. The quantitative estimate of drug-likeness (QED) is 0.809. The van der Waals surface area contributed by atoms with Crippen LogP contribution in [-0.2, 0) is 9.47 Å². The molecule has 1 fully saturated rings. The third-order valence-corrected chi connectivity index (χ3v) is 4.15. The summed E-state index contributed by atoms with van der Waals surface area (Å²) in [6, 6.07) is 5.95. The second-order valence-corrected chi connectivity index (χ2v) is 9.08. The molecule has 7 nitrogen and oxygen atoms in total. The Kier molecular flexibility index (Phi) is 6.47. The fourth-order valence-electron chi connectivity index (χ4n) is 2.83. The third kappa shape index (κ3) is 6.62. The summed E-state index contributed by atoms with van der Waals surface area (Å²) >= 11 is 0. The van der Waals surface area contributed by atoms with E-state index in [1.54, 1.807) is 4.90 Å². The maximum Gasteiger partial charge on any atom is 0.412 e. The number of aryl methyl sites for hydroxylation is 1. The van der Waals surface area contributed by atoms with Crippen LogP contribution in [0, 0.1) is 6.92 Å². The summed E-state index contributed by atoms with van der Waals surface area (Å²) in [7, 11) is 0. The zero-order valence-electron chi connectivity index (χ0n) is 18.1. The Labute approximate surface area is 168 Å². The Balaban J connectivity index is 2.00. The third-order valence-electron chi connectivity index (χ3n) is 4.15. The molecule has 1 N–H and O–H groups in total. The van der Waals surface area contributed by atoms with Gasteiger partial charge in [0.2, 0.25) is 0 Å². The molecule has 1 aromatic carbocycles. The molecule has 1 heterocycles.